The van der Waals surface area contributed by atoms with E-state index in [4.69, 9.17) is 0 Å². The molecule has 6 aromatic heterocycles. The van der Waals surface area contributed by atoms with Gasteiger partial charge in [-0.05, 0) is 72.8 Å². The van der Waals surface area contributed by atoms with E-state index in [1.165, 1.54) is 0 Å². The Kier molecular flexibility index (Phi) is 22.5. The summed E-state index contributed by atoms with van der Waals surface area (Å²) >= 11 is 0. The van der Waals surface area contributed by atoms with E-state index in [0.29, 0.717) is 0 Å². The number of hydrogen-bond acceptors (Lipinski definition) is 6. The van der Waals surface area contributed by atoms with E-state index >= 15 is 0 Å². The molecule has 6 rings (SSSR count). The smallest absolute Gasteiger partial charge is 0.418 e. The van der Waals surface area contributed by atoms with Gasteiger partial charge in [0.05, 0.1) is 34.2 Å². The van der Waals surface area contributed by atoms with Crippen molar-refractivity contribution in [3.05, 3.63) is 146 Å². The molecule has 0 aliphatic rings. The van der Waals surface area contributed by atoms with Gasteiger partial charge in [-0.15, -0.1) is 0 Å². The molecule has 0 N–H and O–H groups in total. The Morgan fingerprint density at radius 1 is 0.250 bits per heavy atom. The third-order valence-electron chi connectivity index (χ3n) is 4.78. The molecule has 1 radical (unpaired) electrons. The molecule has 0 aliphatic carbocycles. The number of halogens is 12. The van der Waals surface area contributed by atoms with Gasteiger partial charge in [-0.25, -0.2) is 0 Å². The second-order valence-corrected chi connectivity index (χ2v) is 8.77. The van der Waals surface area contributed by atoms with E-state index in [1.807, 2.05) is 109 Å². The zero-order chi connectivity index (χ0) is 38.2. The maximum absolute atomic E-state index is 9.75. The summed E-state index contributed by atoms with van der Waals surface area (Å²) < 4.78 is 117. The molecule has 0 spiro atoms. The Morgan fingerprint density at radius 2 is 0.365 bits per heavy atom. The molecule has 0 saturated heterocycles. The van der Waals surface area contributed by atoms with E-state index in [9.17, 15) is 51.8 Å². The minimum atomic E-state index is -6.00. The van der Waals surface area contributed by atoms with Crippen LogP contribution in [-0.4, -0.2) is 51.7 Å². The Hall–Kier alpha value is -5.12. The molecule has 6 nitrogen and oxygen atoms in total. The fraction of sp³-hybridized carbons (Fsp3) is 0. The SMILES string of the molecule is F[B-](F)(F)F.F[B-](F)(F)F.F[B-](F)(F)F.[Ru+3].c1ccc(-c2ccccn2)nc1.c1ccc(-c2ccccn2)nc1.c1ccc(-c2ccccn2)nc1. The van der Waals surface area contributed by atoms with Gasteiger partial charge in [0.1, 0.15) is 0 Å². The molecule has 0 aliphatic heterocycles. The number of aromatic nitrogens is 6. The second kappa shape index (κ2) is 24.9. The van der Waals surface area contributed by atoms with Crippen molar-refractivity contribution in [1.29, 1.82) is 0 Å². The first-order valence-corrected chi connectivity index (χ1v) is 14.0. The molecule has 52 heavy (non-hydrogen) atoms. The molecule has 0 unspecified atom stereocenters. The van der Waals surface area contributed by atoms with E-state index in [0.717, 1.165) is 34.2 Å². The summed E-state index contributed by atoms with van der Waals surface area (Å²) in [4.78, 5) is 25.1. The van der Waals surface area contributed by atoms with Crippen molar-refractivity contribution < 1.29 is 71.3 Å². The van der Waals surface area contributed by atoms with Crippen LogP contribution in [-0.2, 0) is 19.5 Å². The molecule has 6 heterocycles. The van der Waals surface area contributed by atoms with Crippen LogP contribution >= 0.6 is 0 Å². The van der Waals surface area contributed by atoms with Crippen molar-refractivity contribution in [2.24, 2.45) is 0 Å². The standard InChI is InChI=1S/3C10H8N2.3BF4.Ru/c3*1-3-7-11-9(5-1)10-6-2-4-8-12-10;3*2-1(3,4)5;/h3*1-8H;;;;/q;;;3*-1;+3. The summed E-state index contributed by atoms with van der Waals surface area (Å²) in [7, 11) is -18.0. The zero-order valence-corrected chi connectivity index (χ0v) is 27.9. The Labute approximate surface area is 302 Å². The van der Waals surface area contributed by atoms with Crippen LogP contribution in [0.5, 0.6) is 0 Å². The molecule has 0 fully saturated rings. The van der Waals surface area contributed by atoms with Crippen molar-refractivity contribution >= 4 is 21.8 Å². The van der Waals surface area contributed by atoms with Crippen molar-refractivity contribution in [3.8, 4) is 34.2 Å². The molecule has 275 valence electrons. The van der Waals surface area contributed by atoms with Gasteiger partial charge in [-0.3, -0.25) is 29.9 Å². The molecule has 0 saturated carbocycles. The average Bonchev–Trinajstić information content (AvgIpc) is 3.09. The summed E-state index contributed by atoms with van der Waals surface area (Å²) in [5.41, 5.74) is 5.49. The van der Waals surface area contributed by atoms with Crippen molar-refractivity contribution in [2.45, 2.75) is 0 Å². The normalized spacial score (nSPS) is 10.2. The predicted molar refractivity (Wildman–Crippen MR) is 173 cm³/mol. The predicted octanol–water partition coefficient (Wildman–Crippen LogP) is 10.3. The Morgan fingerprint density at radius 3 is 0.442 bits per heavy atom. The van der Waals surface area contributed by atoms with E-state index in [1.54, 1.807) is 37.2 Å². The van der Waals surface area contributed by atoms with Gasteiger partial charge in [0.15, 0.2) is 0 Å². The quantitative estimate of drug-likeness (QED) is 0.131. The topological polar surface area (TPSA) is 77.3 Å². The number of nitrogens with zero attached hydrogens (tertiary/aromatic N) is 6. The molecular formula is C30H24B3F12N6Ru. The number of rotatable bonds is 3. The maximum atomic E-state index is 9.75. The molecule has 22 heteroatoms. The molecule has 6 aromatic rings. The maximum Gasteiger partial charge on any atom is 3.00 e. The first kappa shape index (κ1) is 46.9. The van der Waals surface area contributed by atoms with Crippen LogP contribution in [0.1, 0.15) is 0 Å². The van der Waals surface area contributed by atoms with Crippen LogP contribution in [0.25, 0.3) is 34.2 Å². The van der Waals surface area contributed by atoms with E-state index < -0.39 is 21.8 Å². The summed E-state index contributed by atoms with van der Waals surface area (Å²) in [5, 5.41) is 0. The van der Waals surface area contributed by atoms with Crippen molar-refractivity contribution in [1.82, 2.24) is 29.9 Å². The first-order chi connectivity index (χ1) is 23.9. The van der Waals surface area contributed by atoms with Crippen molar-refractivity contribution in [3.63, 3.8) is 0 Å². The van der Waals surface area contributed by atoms with Crippen LogP contribution in [0.2, 0.25) is 0 Å². The average molecular weight is 830 g/mol. The third-order valence-corrected chi connectivity index (χ3v) is 4.78. The van der Waals surface area contributed by atoms with Crippen LogP contribution in [0.3, 0.4) is 0 Å². The largest absolute Gasteiger partial charge is 3.00 e. The fourth-order valence-electron chi connectivity index (χ4n) is 3.09. The summed E-state index contributed by atoms with van der Waals surface area (Å²) in [6.07, 6.45) is 10.6. The summed E-state index contributed by atoms with van der Waals surface area (Å²) in [6.45, 7) is 0. The Balaban J connectivity index is 0.000000627. The minimum Gasteiger partial charge on any atom is -0.418 e. The van der Waals surface area contributed by atoms with Crippen molar-refractivity contribution in [2.75, 3.05) is 0 Å². The van der Waals surface area contributed by atoms with Gasteiger partial charge in [0.2, 0.25) is 0 Å². The number of pyridine rings is 6. The van der Waals surface area contributed by atoms with E-state index in [2.05, 4.69) is 29.9 Å². The summed E-state index contributed by atoms with van der Waals surface area (Å²) in [5.74, 6) is 0. The zero-order valence-electron chi connectivity index (χ0n) is 26.2. The second-order valence-electron chi connectivity index (χ2n) is 8.77. The monoisotopic (exact) mass is 831 g/mol. The van der Waals surface area contributed by atoms with Crippen LogP contribution < -0.4 is 0 Å². The van der Waals surface area contributed by atoms with Gasteiger partial charge in [0.25, 0.3) is 0 Å². The van der Waals surface area contributed by atoms with Crippen LogP contribution in [0, 0.1) is 0 Å². The van der Waals surface area contributed by atoms with Gasteiger partial charge in [-0.2, -0.15) is 0 Å². The minimum absolute atomic E-state index is 0. The van der Waals surface area contributed by atoms with E-state index in [-0.39, 0.29) is 19.5 Å². The fourth-order valence-corrected chi connectivity index (χ4v) is 3.09. The Bertz CT molecular complexity index is 1380. The third kappa shape index (κ3) is 28.7. The van der Waals surface area contributed by atoms with Gasteiger partial charge < -0.3 is 51.8 Å². The van der Waals surface area contributed by atoms with Crippen LogP contribution in [0.15, 0.2) is 146 Å². The molecular weight excluding hydrogens is 806 g/mol. The molecule has 0 amide bonds. The van der Waals surface area contributed by atoms with Crippen LogP contribution in [0.4, 0.5) is 51.8 Å². The summed E-state index contributed by atoms with van der Waals surface area (Å²) in [6, 6.07) is 34.8. The molecule has 0 aromatic carbocycles. The van der Waals surface area contributed by atoms with Gasteiger partial charge >= 0.3 is 41.2 Å². The first-order valence-electron chi connectivity index (χ1n) is 14.0. The molecule has 0 atom stereocenters. The van der Waals surface area contributed by atoms with Gasteiger partial charge in [-0.1, -0.05) is 36.4 Å². The van der Waals surface area contributed by atoms with Gasteiger partial charge in [0, 0.05) is 37.2 Å². The molecule has 0 bridgehead atoms. The number of hydrogen-bond donors (Lipinski definition) is 0.